The second-order valence-electron chi connectivity index (χ2n) is 6.58. The standard InChI is InChI=1S/C22H19NO3S/c24-22-15-21(18-11-5-2-6-12-18)27(25,26)20-14-8-7-13-19(20)23(22)16-17-9-3-1-4-10-17/h1-14,21H,15-16H2/t21-/m1/s1. The molecule has 3 aromatic carbocycles. The van der Waals surface area contributed by atoms with Crippen LogP contribution in [-0.4, -0.2) is 14.3 Å². The van der Waals surface area contributed by atoms with E-state index in [0.717, 1.165) is 5.56 Å². The molecule has 0 bridgehead atoms. The first-order valence-electron chi connectivity index (χ1n) is 8.79. The highest BCUT2D eigenvalue weighted by Crippen LogP contribution is 2.40. The summed E-state index contributed by atoms with van der Waals surface area (Å²) in [6, 6.07) is 25.4. The first-order chi connectivity index (χ1) is 13.1. The van der Waals surface area contributed by atoms with E-state index in [2.05, 4.69) is 0 Å². The van der Waals surface area contributed by atoms with Crippen molar-refractivity contribution < 1.29 is 13.2 Å². The Morgan fingerprint density at radius 3 is 2.11 bits per heavy atom. The Kier molecular flexibility index (Phi) is 4.54. The lowest BCUT2D eigenvalue weighted by molar-refractivity contribution is -0.118. The highest BCUT2D eigenvalue weighted by atomic mass is 32.2. The van der Waals surface area contributed by atoms with Gasteiger partial charge in [-0.15, -0.1) is 0 Å². The molecule has 5 heteroatoms. The zero-order chi connectivity index (χ0) is 18.9. The van der Waals surface area contributed by atoms with Gasteiger partial charge >= 0.3 is 0 Å². The molecule has 4 nitrogen and oxygen atoms in total. The number of carbonyl (C=O) groups excluding carboxylic acids is 1. The van der Waals surface area contributed by atoms with Crippen molar-refractivity contribution in [3.63, 3.8) is 0 Å². The number of hydrogen-bond acceptors (Lipinski definition) is 3. The second kappa shape index (κ2) is 7.00. The normalized spacial score (nSPS) is 18.6. The minimum absolute atomic E-state index is 0.0755. The Labute approximate surface area is 159 Å². The van der Waals surface area contributed by atoms with Gasteiger partial charge in [-0.3, -0.25) is 4.79 Å². The molecule has 0 spiro atoms. The predicted molar refractivity (Wildman–Crippen MR) is 105 cm³/mol. The van der Waals surface area contributed by atoms with Gasteiger partial charge in [0.15, 0.2) is 9.84 Å². The van der Waals surface area contributed by atoms with E-state index in [0.29, 0.717) is 17.8 Å². The maximum absolute atomic E-state index is 13.4. The molecule has 136 valence electrons. The minimum Gasteiger partial charge on any atom is -0.307 e. The maximum atomic E-state index is 13.4. The Hall–Kier alpha value is -2.92. The summed E-state index contributed by atoms with van der Waals surface area (Å²) in [4.78, 5) is 14.9. The van der Waals surface area contributed by atoms with Gasteiger partial charge in [-0.25, -0.2) is 8.42 Å². The Balaban J connectivity index is 1.85. The molecule has 1 aliphatic rings. The monoisotopic (exact) mass is 377 g/mol. The number of carbonyl (C=O) groups is 1. The summed E-state index contributed by atoms with van der Waals surface area (Å²) in [6.07, 6.45) is -0.0755. The van der Waals surface area contributed by atoms with Crippen LogP contribution in [0.4, 0.5) is 5.69 Å². The van der Waals surface area contributed by atoms with E-state index in [1.165, 1.54) is 0 Å². The van der Waals surface area contributed by atoms with Gasteiger partial charge in [0.05, 0.1) is 22.4 Å². The topological polar surface area (TPSA) is 54.5 Å². The summed E-state index contributed by atoms with van der Waals surface area (Å²) in [5.74, 6) is -0.193. The van der Waals surface area contributed by atoms with Gasteiger partial charge in [-0.2, -0.15) is 0 Å². The number of anilines is 1. The molecule has 4 rings (SSSR count). The summed E-state index contributed by atoms with van der Waals surface area (Å²) < 4.78 is 26.8. The Morgan fingerprint density at radius 1 is 0.815 bits per heavy atom. The fourth-order valence-electron chi connectivity index (χ4n) is 3.49. The van der Waals surface area contributed by atoms with E-state index in [1.807, 2.05) is 36.4 Å². The Morgan fingerprint density at radius 2 is 1.41 bits per heavy atom. The SMILES string of the molecule is O=C1C[C@H](c2ccccc2)S(=O)(=O)c2ccccc2N1Cc1ccccc1. The molecule has 1 atom stereocenters. The molecule has 0 aliphatic carbocycles. The molecular formula is C22H19NO3S. The summed E-state index contributed by atoms with van der Waals surface area (Å²) >= 11 is 0. The van der Waals surface area contributed by atoms with E-state index >= 15 is 0 Å². The van der Waals surface area contributed by atoms with Crippen LogP contribution < -0.4 is 4.90 Å². The number of amides is 1. The van der Waals surface area contributed by atoms with Gasteiger partial charge in [-0.05, 0) is 23.3 Å². The average Bonchev–Trinajstić information content (AvgIpc) is 2.78. The molecule has 1 heterocycles. The lowest BCUT2D eigenvalue weighted by atomic mass is 10.1. The first kappa shape index (κ1) is 17.5. The highest BCUT2D eigenvalue weighted by molar-refractivity contribution is 7.92. The van der Waals surface area contributed by atoms with Crippen molar-refractivity contribution in [2.24, 2.45) is 0 Å². The molecule has 1 amide bonds. The number of nitrogens with zero attached hydrogens (tertiary/aromatic N) is 1. The van der Waals surface area contributed by atoms with Crippen molar-refractivity contribution in [2.45, 2.75) is 23.1 Å². The molecule has 0 N–H and O–H groups in total. The highest BCUT2D eigenvalue weighted by Gasteiger charge is 2.39. The van der Waals surface area contributed by atoms with Crippen molar-refractivity contribution in [1.82, 2.24) is 0 Å². The van der Waals surface area contributed by atoms with Crippen LogP contribution in [-0.2, 0) is 21.2 Å². The number of sulfone groups is 1. The van der Waals surface area contributed by atoms with Crippen LogP contribution in [0.2, 0.25) is 0 Å². The summed E-state index contributed by atoms with van der Waals surface area (Å²) in [7, 11) is -3.69. The lowest BCUT2D eigenvalue weighted by Crippen LogP contribution is -2.30. The second-order valence-corrected chi connectivity index (χ2v) is 8.68. The van der Waals surface area contributed by atoms with E-state index in [4.69, 9.17) is 0 Å². The third-order valence-corrected chi connectivity index (χ3v) is 7.00. The van der Waals surface area contributed by atoms with Crippen LogP contribution in [0.1, 0.15) is 22.8 Å². The Bertz CT molecular complexity index is 1060. The zero-order valence-corrected chi connectivity index (χ0v) is 15.5. The van der Waals surface area contributed by atoms with Crippen molar-refractivity contribution in [3.8, 4) is 0 Å². The molecule has 0 radical (unpaired) electrons. The van der Waals surface area contributed by atoms with E-state index in [-0.39, 0.29) is 17.2 Å². The maximum Gasteiger partial charge on any atom is 0.229 e. The quantitative estimate of drug-likeness (QED) is 0.689. The number of rotatable bonds is 3. The fraction of sp³-hybridized carbons (Fsp3) is 0.136. The van der Waals surface area contributed by atoms with Crippen LogP contribution in [0.15, 0.2) is 89.8 Å². The lowest BCUT2D eigenvalue weighted by Gasteiger charge is -2.22. The van der Waals surface area contributed by atoms with Gasteiger partial charge < -0.3 is 4.90 Å². The number of hydrogen-bond donors (Lipinski definition) is 0. The van der Waals surface area contributed by atoms with Crippen LogP contribution in [0.25, 0.3) is 0 Å². The van der Waals surface area contributed by atoms with Gasteiger partial charge in [0.1, 0.15) is 0 Å². The number of para-hydroxylation sites is 1. The molecule has 0 saturated carbocycles. The summed E-state index contributed by atoms with van der Waals surface area (Å²) in [5.41, 5.74) is 2.04. The van der Waals surface area contributed by atoms with Crippen molar-refractivity contribution in [3.05, 3.63) is 96.1 Å². The molecule has 0 fully saturated rings. The molecule has 0 saturated heterocycles. The summed E-state index contributed by atoms with van der Waals surface area (Å²) in [6.45, 7) is 0.341. The van der Waals surface area contributed by atoms with Crippen molar-refractivity contribution >= 4 is 21.4 Å². The van der Waals surface area contributed by atoms with Crippen molar-refractivity contribution in [1.29, 1.82) is 0 Å². The van der Waals surface area contributed by atoms with Gasteiger partial charge in [0.2, 0.25) is 5.91 Å². The molecule has 27 heavy (non-hydrogen) atoms. The van der Waals surface area contributed by atoms with Crippen molar-refractivity contribution in [2.75, 3.05) is 4.90 Å². The van der Waals surface area contributed by atoms with E-state index in [1.54, 1.807) is 53.4 Å². The van der Waals surface area contributed by atoms with Crippen LogP contribution >= 0.6 is 0 Å². The van der Waals surface area contributed by atoms with Gasteiger partial charge in [-0.1, -0.05) is 72.8 Å². The van der Waals surface area contributed by atoms with E-state index < -0.39 is 15.1 Å². The van der Waals surface area contributed by atoms with Crippen LogP contribution in [0, 0.1) is 0 Å². The molecule has 0 unspecified atom stereocenters. The zero-order valence-electron chi connectivity index (χ0n) is 14.7. The molecule has 3 aromatic rings. The smallest absolute Gasteiger partial charge is 0.229 e. The minimum atomic E-state index is -3.69. The fourth-order valence-corrected chi connectivity index (χ4v) is 5.41. The predicted octanol–water partition coefficient (Wildman–Crippen LogP) is 4.14. The van der Waals surface area contributed by atoms with Crippen LogP contribution in [0.3, 0.4) is 0 Å². The number of benzene rings is 3. The average molecular weight is 377 g/mol. The third kappa shape index (κ3) is 3.26. The number of fused-ring (bicyclic) bond motifs is 1. The molecule has 0 aromatic heterocycles. The largest absolute Gasteiger partial charge is 0.307 e. The summed E-state index contributed by atoms with van der Waals surface area (Å²) in [5, 5.41) is -0.881. The molecule has 1 aliphatic heterocycles. The first-order valence-corrected chi connectivity index (χ1v) is 10.3. The van der Waals surface area contributed by atoms with Crippen LogP contribution in [0.5, 0.6) is 0 Å². The third-order valence-electron chi connectivity index (χ3n) is 4.85. The molecular weight excluding hydrogens is 358 g/mol. The van der Waals surface area contributed by atoms with Gasteiger partial charge in [0, 0.05) is 6.42 Å². The van der Waals surface area contributed by atoms with E-state index in [9.17, 15) is 13.2 Å². The van der Waals surface area contributed by atoms with Gasteiger partial charge in [0.25, 0.3) is 0 Å².